The molecular formula is C29H36N10O2. The Kier molecular flexibility index (Phi) is 7.04. The maximum Gasteiger partial charge on any atom is 0.273 e. The molecule has 5 heterocycles. The second-order valence-electron chi connectivity index (χ2n) is 11.8. The summed E-state index contributed by atoms with van der Waals surface area (Å²) in [6.45, 7) is 11.1. The van der Waals surface area contributed by atoms with Gasteiger partial charge < -0.3 is 15.4 Å². The number of carbonyl (C=O) groups is 1. The molecule has 6 rings (SSSR count). The molecule has 0 aliphatic carbocycles. The van der Waals surface area contributed by atoms with E-state index in [1.54, 1.807) is 21.8 Å². The fraction of sp³-hybridized carbons (Fsp3) is 0.448. The van der Waals surface area contributed by atoms with Gasteiger partial charge >= 0.3 is 0 Å². The summed E-state index contributed by atoms with van der Waals surface area (Å²) in [6.07, 6.45) is 6.16. The minimum Gasteiger partial charge on any atom is -0.378 e. The van der Waals surface area contributed by atoms with Crippen molar-refractivity contribution in [3.8, 4) is 11.3 Å². The number of nitrogens with one attached hydrogen (secondary N) is 2. The normalized spacial score (nSPS) is 17.9. The number of rotatable bonds is 6. The summed E-state index contributed by atoms with van der Waals surface area (Å²) in [5, 5.41) is 19.2. The zero-order valence-corrected chi connectivity index (χ0v) is 24.1. The van der Waals surface area contributed by atoms with Gasteiger partial charge in [0.25, 0.3) is 5.91 Å². The highest BCUT2D eigenvalue weighted by Crippen LogP contribution is 2.32. The van der Waals surface area contributed by atoms with Crippen molar-refractivity contribution in [2.24, 2.45) is 7.05 Å². The molecule has 0 saturated carbocycles. The van der Waals surface area contributed by atoms with Crippen molar-refractivity contribution in [3.63, 3.8) is 0 Å². The van der Waals surface area contributed by atoms with E-state index in [-0.39, 0.29) is 17.5 Å². The molecule has 1 fully saturated rings. The van der Waals surface area contributed by atoms with Gasteiger partial charge in [-0.25, -0.2) is 14.6 Å². The van der Waals surface area contributed by atoms with Crippen LogP contribution in [0.1, 0.15) is 60.5 Å². The first kappa shape index (κ1) is 27.0. The van der Waals surface area contributed by atoms with Crippen molar-refractivity contribution in [2.45, 2.75) is 58.3 Å². The molecule has 0 spiro atoms. The molecule has 1 saturated heterocycles. The van der Waals surface area contributed by atoms with Crippen molar-refractivity contribution in [2.75, 3.05) is 25.1 Å². The average molecular weight is 557 g/mol. The first-order valence-corrected chi connectivity index (χ1v) is 13.9. The van der Waals surface area contributed by atoms with Crippen molar-refractivity contribution in [1.82, 2.24) is 45.0 Å². The van der Waals surface area contributed by atoms with Crippen molar-refractivity contribution >= 4 is 17.5 Å². The molecular weight excluding hydrogens is 520 g/mol. The Balaban J connectivity index is 1.28. The van der Waals surface area contributed by atoms with Gasteiger partial charge in [-0.1, -0.05) is 17.3 Å². The van der Waals surface area contributed by atoms with Crippen LogP contribution in [0.4, 0.5) is 11.6 Å². The van der Waals surface area contributed by atoms with Crippen LogP contribution in [0.15, 0.2) is 42.9 Å². The highest BCUT2D eigenvalue weighted by molar-refractivity contribution is 5.92. The Labute approximate surface area is 239 Å². The second kappa shape index (κ2) is 10.7. The standard InChI is InChI=1S/C29H36N10O2/c1-18-25(14-37(5)35-18)33-28-30-10-8-23(32-28)19-6-7-22-20(12-19)13-38(21-16-41-17-21)11-9-24(22)31-27(40)26-15-39(36-34-26)29(2,3)4/h6-8,10,12,14-15,21,24H,9,11,13,16-17H2,1-5H3,(H,31,40)(H,30,32,33). The van der Waals surface area contributed by atoms with Gasteiger partial charge in [-0.3, -0.25) is 14.4 Å². The summed E-state index contributed by atoms with van der Waals surface area (Å²) in [5.41, 5.74) is 5.87. The van der Waals surface area contributed by atoms with Gasteiger partial charge in [0, 0.05) is 38.1 Å². The third-order valence-corrected chi connectivity index (χ3v) is 7.66. The molecule has 2 aliphatic heterocycles. The van der Waals surface area contributed by atoms with Gasteiger partial charge in [-0.2, -0.15) is 5.10 Å². The number of ether oxygens (including phenoxy) is 1. The van der Waals surface area contributed by atoms with Crippen molar-refractivity contribution in [3.05, 3.63) is 65.4 Å². The van der Waals surface area contributed by atoms with Crippen LogP contribution in [0.2, 0.25) is 0 Å². The van der Waals surface area contributed by atoms with E-state index < -0.39 is 0 Å². The zero-order chi connectivity index (χ0) is 28.7. The second-order valence-corrected chi connectivity index (χ2v) is 11.8. The Morgan fingerprint density at radius 1 is 1.15 bits per heavy atom. The molecule has 1 unspecified atom stereocenters. The topological polar surface area (TPSA) is 128 Å². The minimum atomic E-state index is -0.255. The third-order valence-electron chi connectivity index (χ3n) is 7.66. The first-order valence-electron chi connectivity index (χ1n) is 13.9. The largest absolute Gasteiger partial charge is 0.378 e. The van der Waals surface area contributed by atoms with E-state index in [1.807, 2.05) is 47.0 Å². The number of amides is 1. The van der Waals surface area contributed by atoms with Gasteiger partial charge in [0.2, 0.25) is 5.95 Å². The summed E-state index contributed by atoms with van der Waals surface area (Å²) in [4.78, 5) is 24.9. The van der Waals surface area contributed by atoms with Crippen LogP contribution >= 0.6 is 0 Å². The van der Waals surface area contributed by atoms with Gasteiger partial charge in [-0.15, -0.1) is 5.10 Å². The third kappa shape index (κ3) is 5.70. The molecule has 0 bridgehead atoms. The van der Waals surface area contributed by atoms with Gasteiger partial charge in [0.1, 0.15) is 0 Å². The highest BCUT2D eigenvalue weighted by Gasteiger charge is 2.32. The molecule has 2 N–H and O–H groups in total. The molecule has 41 heavy (non-hydrogen) atoms. The number of fused-ring (bicyclic) bond motifs is 1. The first-order chi connectivity index (χ1) is 19.6. The fourth-order valence-electron chi connectivity index (χ4n) is 5.24. The molecule has 2 aliphatic rings. The van der Waals surface area contributed by atoms with Crippen LogP contribution in [0, 0.1) is 6.92 Å². The summed E-state index contributed by atoms with van der Waals surface area (Å²) in [7, 11) is 1.88. The number of anilines is 2. The molecule has 1 aromatic carbocycles. The lowest BCUT2D eigenvalue weighted by molar-refractivity contribution is -0.0678. The van der Waals surface area contributed by atoms with Gasteiger partial charge in [-0.05, 0) is 57.4 Å². The number of hydrogen-bond donors (Lipinski definition) is 2. The highest BCUT2D eigenvalue weighted by atomic mass is 16.5. The summed E-state index contributed by atoms with van der Waals surface area (Å²) < 4.78 is 8.98. The molecule has 1 atom stereocenters. The Hall–Kier alpha value is -4.16. The predicted molar refractivity (Wildman–Crippen MR) is 154 cm³/mol. The Morgan fingerprint density at radius 2 is 1.98 bits per heavy atom. The monoisotopic (exact) mass is 556 g/mol. The van der Waals surface area contributed by atoms with Crippen LogP contribution in [-0.2, 0) is 23.9 Å². The Bertz CT molecular complexity index is 1570. The molecule has 3 aromatic heterocycles. The fourth-order valence-corrected chi connectivity index (χ4v) is 5.24. The predicted octanol–water partition coefficient (Wildman–Crippen LogP) is 3.35. The summed E-state index contributed by atoms with van der Waals surface area (Å²) in [5.74, 6) is 0.286. The van der Waals surface area contributed by atoms with E-state index in [0.29, 0.717) is 17.7 Å². The number of carbonyl (C=O) groups excluding carboxylic acids is 1. The average Bonchev–Trinajstić information content (AvgIpc) is 3.48. The van der Waals surface area contributed by atoms with E-state index in [0.717, 1.165) is 66.5 Å². The summed E-state index contributed by atoms with van der Waals surface area (Å²) >= 11 is 0. The maximum atomic E-state index is 13.3. The smallest absolute Gasteiger partial charge is 0.273 e. The molecule has 4 aromatic rings. The zero-order valence-electron chi connectivity index (χ0n) is 24.1. The van der Waals surface area contributed by atoms with Crippen LogP contribution in [-0.4, -0.2) is 71.3 Å². The number of benzene rings is 1. The quantitative estimate of drug-likeness (QED) is 0.367. The number of aromatic nitrogens is 7. The maximum absolute atomic E-state index is 13.3. The van der Waals surface area contributed by atoms with E-state index in [1.165, 1.54) is 0 Å². The number of nitrogens with zero attached hydrogens (tertiary/aromatic N) is 8. The van der Waals surface area contributed by atoms with Crippen LogP contribution < -0.4 is 10.6 Å². The Morgan fingerprint density at radius 3 is 2.66 bits per heavy atom. The molecule has 12 nitrogen and oxygen atoms in total. The molecule has 214 valence electrons. The van der Waals surface area contributed by atoms with E-state index in [4.69, 9.17) is 9.72 Å². The lowest BCUT2D eigenvalue weighted by atomic mass is 9.96. The van der Waals surface area contributed by atoms with E-state index in [2.05, 4.69) is 54.1 Å². The summed E-state index contributed by atoms with van der Waals surface area (Å²) in [6, 6.07) is 8.50. The van der Waals surface area contributed by atoms with E-state index >= 15 is 0 Å². The van der Waals surface area contributed by atoms with Crippen molar-refractivity contribution in [1.29, 1.82) is 0 Å². The van der Waals surface area contributed by atoms with Crippen LogP contribution in [0.5, 0.6) is 0 Å². The molecule has 12 heteroatoms. The minimum absolute atomic E-state index is 0.159. The van der Waals surface area contributed by atoms with Gasteiger partial charge in [0.05, 0.1) is 54.1 Å². The van der Waals surface area contributed by atoms with E-state index in [9.17, 15) is 4.79 Å². The lowest BCUT2D eigenvalue weighted by Gasteiger charge is -2.36. The van der Waals surface area contributed by atoms with Gasteiger partial charge in [0.15, 0.2) is 5.69 Å². The number of hydrogen-bond acceptors (Lipinski definition) is 9. The van der Waals surface area contributed by atoms with Crippen LogP contribution in [0.25, 0.3) is 11.3 Å². The molecule has 1 amide bonds. The lowest BCUT2D eigenvalue weighted by Crippen LogP contribution is -2.48. The molecule has 0 radical (unpaired) electrons. The van der Waals surface area contributed by atoms with Crippen LogP contribution in [0.3, 0.4) is 0 Å². The van der Waals surface area contributed by atoms with Crippen molar-refractivity contribution < 1.29 is 9.53 Å². The number of aryl methyl sites for hydroxylation is 2. The SMILES string of the molecule is Cc1nn(C)cc1Nc1nccc(-c2ccc3c(c2)CN(C2COC2)CCC3NC(=O)c2cn(C(C)(C)C)nn2)n1.